The molecular formula is C20H26N5O6+. The lowest BCUT2D eigenvalue weighted by molar-refractivity contribution is -0.223. The van der Waals surface area contributed by atoms with Crippen molar-refractivity contribution in [3.05, 3.63) is 27.8 Å². The molecule has 1 aromatic carbocycles. The van der Waals surface area contributed by atoms with Gasteiger partial charge in [0, 0.05) is 11.1 Å². The summed E-state index contributed by atoms with van der Waals surface area (Å²) in [7, 11) is 0. The molecule has 1 aromatic rings. The van der Waals surface area contributed by atoms with Gasteiger partial charge in [0.2, 0.25) is 18.2 Å². The third-order valence-corrected chi connectivity index (χ3v) is 4.47. The minimum Gasteiger partial charge on any atom is -0.490 e. The fourth-order valence-electron chi connectivity index (χ4n) is 2.94. The molecule has 0 saturated heterocycles. The molecule has 31 heavy (non-hydrogen) atoms. The highest BCUT2D eigenvalue weighted by atomic mass is 16.5. The maximum absolute atomic E-state index is 10.7. The molecule has 0 saturated carbocycles. The average Bonchev–Trinajstić information content (AvgIpc) is 2.77. The number of hydrogen-bond donors (Lipinski definition) is 1. The van der Waals surface area contributed by atoms with Crippen molar-refractivity contribution in [3.8, 4) is 5.75 Å². The molecule has 0 aliphatic rings. The van der Waals surface area contributed by atoms with Crippen LogP contribution in [0.1, 0.15) is 27.8 Å². The summed E-state index contributed by atoms with van der Waals surface area (Å²) in [4.78, 5) is 43.0. The SMILES string of the molecule is Cc1c(CN=C=O)c(C)c(CN=C=O)c(OCCOCCOCCN=[NH2+])c1CN=C=O. The highest BCUT2D eigenvalue weighted by molar-refractivity contribution is 5.56. The quantitative estimate of drug-likeness (QED) is 0.173. The van der Waals surface area contributed by atoms with E-state index >= 15 is 0 Å². The Labute approximate surface area is 179 Å². The highest BCUT2D eigenvalue weighted by Crippen LogP contribution is 2.35. The summed E-state index contributed by atoms with van der Waals surface area (Å²) in [6, 6.07) is 0. The second-order valence-electron chi connectivity index (χ2n) is 6.22. The predicted octanol–water partition coefficient (Wildman–Crippen LogP) is 0.434. The molecule has 0 bridgehead atoms. The van der Waals surface area contributed by atoms with Gasteiger partial charge < -0.3 is 14.2 Å². The molecule has 1 rings (SSSR count). The van der Waals surface area contributed by atoms with Gasteiger partial charge in [-0.25, -0.2) is 29.4 Å². The van der Waals surface area contributed by atoms with Crippen molar-refractivity contribution in [2.75, 3.05) is 39.6 Å². The van der Waals surface area contributed by atoms with Crippen molar-refractivity contribution in [1.82, 2.24) is 0 Å². The van der Waals surface area contributed by atoms with E-state index in [0.717, 1.165) is 16.7 Å². The van der Waals surface area contributed by atoms with E-state index < -0.39 is 0 Å². The first-order valence-corrected chi connectivity index (χ1v) is 9.51. The molecule has 0 atom stereocenters. The van der Waals surface area contributed by atoms with Gasteiger partial charge in [-0.1, -0.05) is 0 Å². The summed E-state index contributed by atoms with van der Waals surface area (Å²) in [6.07, 6.45) is 4.53. The van der Waals surface area contributed by atoms with Crippen LogP contribution in [0.4, 0.5) is 0 Å². The molecule has 0 aliphatic carbocycles. The summed E-state index contributed by atoms with van der Waals surface area (Å²) in [5.41, 5.74) is 8.55. The molecule has 0 aromatic heterocycles. The lowest BCUT2D eigenvalue weighted by atomic mass is 9.91. The Morgan fingerprint density at radius 2 is 1.16 bits per heavy atom. The smallest absolute Gasteiger partial charge is 0.235 e. The fraction of sp³-hybridized carbons (Fsp3) is 0.550. The third kappa shape index (κ3) is 8.52. The van der Waals surface area contributed by atoms with Gasteiger partial charge in [-0.3, -0.25) is 0 Å². The normalized spacial score (nSPS) is 9.87. The van der Waals surface area contributed by atoms with Crippen LogP contribution in [0.2, 0.25) is 0 Å². The van der Waals surface area contributed by atoms with E-state index in [0.29, 0.717) is 43.2 Å². The molecule has 0 unspecified atom stereocenters. The number of nitrogens with zero attached hydrogens (tertiary/aromatic N) is 4. The van der Waals surface area contributed by atoms with Crippen molar-refractivity contribution in [2.24, 2.45) is 20.1 Å². The second kappa shape index (κ2) is 15.5. The van der Waals surface area contributed by atoms with Gasteiger partial charge in [-0.15, -0.1) is 0 Å². The number of benzene rings is 1. The second-order valence-corrected chi connectivity index (χ2v) is 6.22. The van der Waals surface area contributed by atoms with Crippen molar-refractivity contribution in [1.29, 1.82) is 0 Å². The first-order valence-electron chi connectivity index (χ1n) is 9.51. The minimum atomic E-state index is 0.0153. The van der Waals surface area contributed by atoms with Crippen LogP contribution in [0.5, 0.6) is 5.75 Å². The van der Waals surface area contributed by atoms with E-state index in [9.17, 15) is 14.4 Å². The Bertz CT molecular complexity index is 838. The van der Waals surface area contributed by atoms with E-state index in [1.165, 1.54) is 18.2 Å². The van der Waals surface area contributed by atoms with Gasteiger partial charge >= 0.3 is 0 Å². The molecule has 0 aliphatic heterocycles. The maximum atomic E-state index is 10.7. The van der Waals surface area contributed by atoms with Gasteiger partial charge in [-0.05, 0) is 35.7 Å². The third-order valence-electron chi connectivity index (χ3n) is 4.47. The predicted molar refractivity (Wildman–Crippen MR) is 108 cm³/mol. The number of aliphatic imine (C=N–C) groups is 3. The number of carbonyl (C=O) groups excluding carboxylic acids is 3. The van der Waals surface area contributed by atoms with Crippen LogP contribution in [-0.4, -0.2) is 57.8 Å². The summed E-state index contributed by atoms with van der Waals surface area (Å²) in [5.74, 6) is 0.455. The van der Waals surface area contributed by atoms with Gasteiger partial charge in [0.1, 0.15) is 18.9 Å². The molecule has 0 radical (unpaired) electrons. The number of hydrogen-bond acceptors (Lipinski definition) is 10. The zero-order valence-corrected chi connectivity index (χ0v) is 17.7. The Balaban J connectivity index is 3.05. The molecule has 166 valence electrons. The average molecular weight is 432 g/mol. The van der Waals surface area contributed by atoms with Crippen LogP contribution in [0, 0.1) is 13.8 Å². The number of ether oxygens (including phenoxy) is 3. The van der Waals surface area contributed by atoms with Gasteiger partial charge in [0.15, 0.2) is 0 Å². The molecule has 0 amide bonds. The van der Waals surface area contributed by atoms with Crippen LogP contribution in [0.15, 0.2) is 20.1 Å². The molecule has 2 N–H and O–H groups in total. The molecule has 0 heterocycles. The van der Waals surface area contributed by atoms with Gasteiger partial charge in [0.05, 0.1) is 46.1 Å². The molecule has 11 nitrogen and oxygen atoms in total. The summed E-state index contributed by atoms with van der Waals surface area (Å²) in [5, 5.41) is 3.44. The van der Waals surface area contributed by atoms with E-state index in [2.05, 4.69) is 20.1 Å². The molecule has 11 heteroatoms. The fourth-order valence-corrected chi connectivity index (χ4v) is 2.94. The van der Waals surface area contributed by atoms with Gasteiger partial charge in [0.25, 0.3) is 0 Å². The van der Waals surface area contributed by atoms with Crippen molar-refractivity contribution in [2.45, 2.75) is 33.5 Å². The molecular weight excluding hydrogens is 406 g/mol. The van der Waals surface area contributed by atoms with E-state index in [1.54, 1.807) is 0 Å². The Kier molecular flexibility index (Phi) is 12.9. The summed E-state index contributed by atoms with van der Waals surface area (Å²) in [6.45, 7) is 5.88. The highest BCUT2D eigenvalue weighted by Gasteiger charge is 2.20. The van der Waals surface area contributed by atoms with Gasteiger partial charge in [-0.2, -0.15) is 5.53 Å². The molecule has 0 fully saturated rings. The number of isocyanates is 3. The zero-order chi connectivity index (χ0) is 22.9. The Hall–Kier alpha value is -3.32. The van der Waals surface area contributed by atoms with E-state index in [-0.39, 0.29) is 32.8 Å². The van der Waals surface area contributed by atoms with Crippen LogP contribution < -0.4 is 10.3 Å². The van der Waals surface area contributed by atoms with Crippen LogP contribution >= 0.6 is 0 Å². The molecule has 0 spiro atoms. The minimum absolute atomic E-state index is 0.0153. The standard InChI is InChI=1S/C20H25N5O6/c1-15-17(9-22-12-26)16(2)19(11-24-14-28)20(18(15)10-23-13-27)31-8-7-30-6-5-29-4-3-25-21/h21H,3-11H2,1-2H3/p+1. The maximum Gasteiger partial charge on any atom is 0.235 e. The Morgan fingerprint density at radius 3 is 1.65 bits per heavy atom. The van der Waals surface area contributed by atoms with Crippen molar-refractivity contribution in [3.63, 3.8) is 0 Å². The lowest BCUT2D eigenvalue weighted by Crippen LogP contribution is -2.25. The van der Waals surface area contributed by atoms with E-state index in [4.69, 9.17) is 19.7 Å². The number of nitrogens with two attached hydrogens (primary N) is 1. The Morgan fingerprint density at radius 1 is 0.710 bits per heavy atom. The zero-order valence-electron chi connectivity index (χ0n) is 17.7. The summed E-state index contributed by atoms with van der Waals surface area (Å²) >= 11 is 0. The van der Waals surface area contributed by atoms with Crippen LogP contribution in [0.25, 0.3) is 0 Å². The summed E-state index contributed by atoms with van der Waals surface area (Å²) < 4.78 is 16.7. The van der Waals surface area contributed by atoms with Crippen LogP contribution in [-0.2, 0) is 43.5 Å². The van der Waals surface area contributed by atoms with Crippen molar-refractivity contribution >= 4 is 18.2 Å². The first-order chi connectivity index (χ1) is 15.1. The number of rotatable bonds is 16. The van der Waals surface area contributed by atoms with Crippen molar-refractivity contribution < 1.29 is 34.1 Å². The van der Waals surface area contributed by atoms with E-state index in [1.807, 2.05) is 13.8 Å². The first kappa shape index (κ1) is 25.7. The monoisotopic (exact) mass is 432 g/mol. The topological polar surface area (TPSA) is 154 Å². The van der Waals surface area contributed by atoms with Crippen LogP contribution in [0.3, 0.4) is 0 Å². The largest absolute Gasteiger partial charge is 0.490 e. The lowest BCUT2D eigenvalue weighted by Gasteiger charge is -2.21.